The van der Waals surface area contributed by atoms with Gasteiger partial charge in [-0.2, -0.15) is 0 Å². The van der Waals surface area contributed by atoms with Crippen molar-refractivity contribution in [1.82, 2.24) is 14.2 Å². The fourth-order valence-electron chi connectivity index (χ4n) is 5.72. The van der Waals surface area contributed by atoms with Gasteiger partial charge in [-0.25, -0.2) is 17.5 Å². The fourth-order valence-corrected chi connectivity index (χ4v) is 10.4. The Hall–Kier alpha value is -2.53. The van der Waals surface area contributed by atoms with Gasteiger partial charge >= 0.3 is 6.09 Å². The smallest absolute Gasteiger partial charge is 0.410 e. The van der Waals surface area contributed by atoms with Crippen molar-refractivity contribution in [2.75, 3.05) is 32.0 Å². The Bertz CT molecular complexity index is 1490. The molecule has 2 aromatic carbocycles. The van der Waals surface area contributed by atoms with Gasteiger partial charge in [0.2, 0.25) is 10.0 Å². The number of hydrogen-bond donors (Lipinski definition) is 1. The van der Waals surface area contributed by atoms with E-state index < -0.39 is 18.1 Å². The Balaban J connectivity index is 1.30. The van der Waals surface area contributed by atoms with Crippen LogP contribution in [0.25, 0.3) is 10.9 Å². The molecular formula is C30H40ClN3O5SSi. The number of fused-ring (bicyclic) bond motifs is 3. The van der Waals surface area contributed by atoms with E-state index >= 15 is 0 Å². The summed E-state index contributed by atoms with van der Waals surface area (Å²) in [6.45, 7) is 10.2. The Morgan fingerprint density at radius 2 is 1.78 bits per heavy atom. The second kappa shape index (κ2) is 12.0. The number of aromatic nitrogens is 1. The molecule has 222 valence electrons. The number of nitrogens with one attached hydrogen (secondary N) is 1. The summed E-state index contributed by atoms with van der Waals surface area (Å²) in [6, 6.07) is 14.1. The second-order valence-corrected chi connectivity index (χ2v) is 20.3. The lowest BCUT2D eigenvalue weighted by Crippen LogP contribution is -2.43. The average Bonchev–Trinajstić information content (AvgIpc) is 3.30. The third-order valence-electron chi connectivity index (χ3n) is 7.99. The molecule has 1 amide bonds. The monoisotopic (exact) mass is 617 g/mol. The lowest BCUT2D eigenvalue weighted by molar-refractivity contribution is 0.0932. The first kappa shape index (κ1) is 29.9. The number of piperidine rings is 1. The summed E-state index contributed by atoms with van der Waals surface area (Å²) >= 11 is 6.31. The van der Waals surface area contributed by atoms with E-state index in [1.54, 1.807) is 9.21 Å². The second-order valence-electron chi connectivity index (χ2n) is 12.2. The lowest BCUT2D eigenvalue weighted by Gasteiger charge is -2.35. The largest absolute Gasteiger partial charge is 0.490 e. The van der Waals surface area contributed by atoms with Crippen LogP contribution in [0.3, 0.4) is 0 Å². The number of halogens is 1. The summed E-state index contributed by atoms with van der Waals surface area (Å²) in [4.78, 5) is 18.3. The van der Waals surface area contributed by atoms with E-state index in [-0.39, 0.29) is 24.0 Å². The minimum atomic E-state index is -3.22. The number of nitrogens with zero attached hydrogens (tertiary/aromatic N) is 2. The zero-order valence-electron chi connectivity index (χ0n) is 24.3. The van der Waals surface area contributed by atoms with Crippen LogP contribution in [0, 0.1) is 0 Å². The summed E-state index contributed by atoms with van der Waals surface area (Å²) in [5, 5.41) is 1.76. The maximum Gasteiger partial charge on any atom is 0.410 e. The van der Waals surface area contributed by atoms with E-state index in [0.29, 0.717) is 50.5 Å². The van der Waals surface area contributed by atoms with Crippen LogP contribution in [-0.2, 0) is 21.2 Å². The molecule has 0 unspecified atom stereocenters. The van der Waals surface area contributed by atoms with Gasteiger partial charge in [-0.3, -0.25) is 4.90 Å². The van der Waals surface area contributed by atoms with Crippen molar-refractivity contribution in [2.45, 2.75) is 64.0 Å². The molecule has 1 N–H and O–H groups in total. The van der Waals surface area contributed by atoms with E-state index in [0.717, 1.165) is 34.0 Å². The number of aromatic amines is 1. The zero-order valence-corrected chi connectivity index (χ0v) is 26.9. The maximum atomic E-state index is 13.0. The number of H-pyrrole nitrogens is 1. The molecule has 0 bridgehead atoms. The summed E-state index contributed by atoms with van der Waals surface area (Å²) in [5.74, 6) is 0.973. The van der Waals surface area contributed by atoms with Gasteiger partial charge in [-0.1, -0.05) is 43.4 Å². The maximum absolute atomic E-state index is 13.0. The molecule has 2 aliphatic heterocycles. The third-order valence-corrected chi connectivity index (χ3v) is 12.2. The highest BCUT2D eigenvalue weighted by Gasteiger charge is 2.36. The van der Waals surface area contributed by atoms with Crippen LogP contribution >= 0.6 is 11.6 Å². The molecule has 3 heterocycles. The number of carbonyl (C=O) groups is 1. The molecule has 0 saturated carbocycles. The molecule has 0 spiro atoms. The van der Waals surface area contributed by atoms with E-state index in [9.17, 15) is 13.2 Å². The Morgan fingerprint density at radius 1 is 1.07 bits per heavy atom. The van der Waals surface area contributed by atoms with Gasteiger partial charge in [0.15, 0.2) is 0 Å². The van der Waals surface area contributed by atoms with Gasteiger partial charge in [-0.15, -0.1) is 0 Å². The van der Waals surface area contributed by atoms with E-state index in [4.69, 9.17) is 21.1 Å². The van der Waals surface area contributed by atoms with Gasteiger partial charge in [0.1, 0.15) is 17.9 Å². The molecule has 5 rings (SSSR count). The summed E-state index contributed by atoms with van der Waals surface area (Å²) in [6.07, 6.45) is 1.65. The standard InChI is InChI=1S/C30H40ClN3O5SSi/c1-5-38-30(35)34-17-14-25-26-20-22(31)8-11-27(26)32-28(25)29(34)21-6-9-23(10-7-21)39-24-12-15-33(16-13-24)40(36,37)18-19-41(2,3)4/h6-11,20,24,29,32H,5,12-19H2,1-4H3/t29-/m0/s1. The topological polar surface area (TPSA) is 91.9 Å². The van der Waals surface area contributed by atoms with Crippen molar-refractivity contribution in [2.24, 2.45) is 0 Å². The normalized spacial score (nSPS) is 18.9. The minimum Gasteiger partial charge on any atom is -0.490 e. The molecule has 0 aliphatic carbocycles. The zero-order chi connectivity index (χ0) is 29.4. The molecule has 11 heteroatoms. The number of amides is 1. The van der Waals surface area contributed by atoms with Crippen LogP contribution < -0.4 is 4.74 Å². The number of sulfonamides is 1. The van der Waals surface area contributed by atoms with Crippen LogP contribution in [0.4, 0.5) is 4.79 Å². The highest BCUT2D eigenvalue weighted by molar-refractivity contribution is 7.89. The van der Waals surface area contributed by atoms with Crippen LogP contribution in [0.15, 0.2) is 42.5 Å². The Kier molecular flexibility index (Phi) is 8.76. The van der Waals surface area contributed by atoms with Gasteiger partial charge in [0.05, 0.1) is 12.4 Å². The molecule has 3 aromatic rings. The Morgan fingerprint density at radius 3 is 2.44 bits per heavy atom. The summed E-state index contributed by atoms with van der Waals surface area (Å²) in [5.41, 5.74) is 4.08. The van der Waals surface area contributed by atoms with Crippen molar-refractivity contribution in [1.29, 1.82) is 0 Å². The minimum absolute atomic E-state index is 0.0416. The highest BCUT2D eigenvalue weighted by atomic mass is 35.5. The molecule has 1 atom stereocenters. The van der Waals surface area contributed by atoms with Crippen molar-refractivity contribution < 1.29 is 22.7 Å². The lowest BCUT2D eigenvalue weighted by atomic mass is 9.92. The van der Waals surface area contributed by atoms with Crippen molar-refractivity contribution in [3.63, 3.8) is 0 Å². The van der Waals surface area contributed by atoms with E-state index in [2.05, 4.69) is 24.6 Å². The highest BCUT2D eigenvalue weighted by Crippen LogP contribution is 2.40. The third kappa shape index (κ3) is 6.76. The molecule has 1 fully saturated rings. The van der Waals surface area contributed by atoms with Gasteiger partial charge in [0.25, 0.3) is 0 Å². The number of rotatable bonds is 8. The van der Waals surface area contributed by atoms with E-state index in [1.165, 1.54) is 5.56 Å². The fraction of sp³-hybridized carbons (Fsp3) is 0.500. The summed E-state index contributed by atoms with van der Waals surface area (Å²) < 4.78 is 39.0. The number of hydrogen-bond acceptors (Lipinski definition) is 5. The quantitative estimate of drug-likeness (QED) is 0.294. The number of carbonyl (C=O) groups excluding carboxylic acids is 1. The first-order chi connectivity index (χ1) is 19.4. The summed E-state index contributed by atoms with van der Waals surface area (Å²) in [7, 11) is -4.65. The van der Waals surface area contributed by atoms with Crippen LogP contribution in [-0.4, -0.2) is 74.9 Å². The van der Waals surface area contributed by atoms with Crippen LogP contribution in [0.2, 0.25) is 30.7 Å². The van der Waals surface area contributed by atoms with E-state index in [1.807, 2.05) is 49.4 Å². The number of ether oxygens (including phenoxy) is 2. The van der Waals surface area contributed by atoms with Gasteiger partial charge in [0, 0.05) is 49.3 Å². The molecule has 1 aromatic heterocycles. The molecule has 8 nitrogen and oxygen atoms in total. The molecule has 41 heavy (non-hydrogen) atoms. The van der Waals surface area contributed by atoms with Crippen molar-refractivity contribution in [3.8, 4) is 5.75 Å². The average molecular weight is 618 g/mol. The van der Waals surface area contributed by atoms with Crippen molar-refractivity contribution in [3.05, 3.63) is 64.3 Å². The predicted molar refractivity (Wildman–Crippen MR) is 166 cm³/mol. The first-order valence-electron chi connectivity index (χ1n) is 14.4. The van der Waals surface area contributed by atoms with Crippen LogP contribution in [0.1, 0.15) is 42.6 Å². The molecule has 0 radical (unpaired) electrons. The molecule has 1 saturated heterocycles. The predicted octanol–water partition coefficient (Wildman–Crippen LogP) is 6.44. The molecular weight excluding hydrogens is 578 g/mol. The van der Waals surface area contributed by atoms with Gasteiger partial charge in [-0.05, 0) is 73.7 Å². The Labute approximate surface area is 249 Å². The van der Waals surface area contributed by atoms with Crippen LogP contribution in [0.5, 0.6) is 5.75 Å². The molecule has 2 aliphatic rings. The SMILES string of the molecule is CCOC(=O)N1CCc2c([nH]c3ccc(Cl)cc23)[C@@H]1c1ccc(OC2CCN(S(=O)(=O)CC[Si](C)(C)C)CC2)cc1. The van der Waals surface area contributed by atoms with Gasteiger partial charge < -0.3 is 14.5 Å². The van der Waals surface area contributed by atoms with Crippen molar-refractivity contribution >= 4 is 46.7 Å². The first-order valence-corrected chi connectivity index (χ1v) is 20.1. The number of benzene rings is 2.